The van der Waals surface area contributed by atoms with E-state index in [0.29, 0.717) is 13.2 Å². The van der Waals surface area contributed by atoms with Gasteiger partial charge in [0.15, 0.2) is 11.6 Å². The van der Waals surface area contributed by atoms with Gasteiger partial charge in [0.1, 0.15) is 0 Å². The summed E-state index contributed by atoms with van der Waals surface area (Å²) in [6.07, 6.45) is 3.11. The highest BCUT2D eigenvalue weighted by Gasteiger charge is 2.04. The zero-order chi connectivity index (χ0) is 12.7. The maximum absolute atomic E-state index is 13.2. The van der Waals surface area contributed by atoms with Crippen LogP contribution in [0.2, 0.25) is 5.28 Å². The normalized spacial score (nSPS) is 10.9. The lowest BCUT2D eigenvalue weighted by Crippen LogP contribution is -2.09. The molecule has 0 amide bonds. The van der Waals surface area contributed by atoms with Crippen LogP contribution in [0, 0.1) is 5.82 Å². The third-order valence-electron chi connectivity index (χ3n) is 2.03. The summed E-state index contributed by atoms with van der Waals surface area (Å²) in [4.78, 5) is 7.29. The van der Waals surface area contributed by atoms with Gasteiger partial charge < -0.3 is 10.1 Å². The second kappa shape index (κ2) is 7.40. The van der Waals surface area contributed by atoms with Gasteiger partial charge in [-0.3, -0.25) is 0 Å². The van der Waals surface area contributed by atoms with Gasteiger partial charge in [-0.2, -0.15) is 4.98 Å². The number of hydrogen-bond donors (Lipinski definition) is 1. The van der Waals surface area contributed by atoms with Crippen LogP contribution in [0.4, 0.5) is 10.2 Å². The summed E-state index contributed by atoms with van der Waals surface area (Å²) < 4.78 is 18.6. The standard InChI is InChI=1S/C11H17ClFN3O/c1-8(2)17-6-4-3-5-14-10-9(13)7-15-11(12)16-10/h7-8H,3-6H2,1-2H3,(H,14,15,16). The van der Waals surface area contributed by atoms with Crippen LogP contribution in [-0.4, -0.2) is 29.2 Å². The van der Waals surface area contributed by atoms with Crippen LogP contribution in [0.25, 0.3) is 0 Å². The van der Waals surface area contributed by atoms with Crippen LogP contribution in [0.5, 0.6) is 0 Å². The van der Waals surface area contributed by atoms with E-state index in [1.807, 2.05) is 13.8 Å². The predicted octanol–water partition coefficient (Wildman–Crippen LogP) is 2.89. The number of unbranched alkanes of at least 4 members (excludes halogenated alkanes) is 1. The van der Waals surface area contributed by atoms with Gasteiger partial charge in [-0.1, -0.05) is 0 Å². The molecule has 1 rings (SSSR count). The number of hydrogen-bond acceptors (Lipinski definition) is 4. The average molecular weight is 262 g/mol. The molecule has 0 aromatic carbocycles. The first-order valence-corrected chi connectivity index (χ1v) is 6.01. The van der Waals surface area contributed by atoms with Crippen molar-refractivity contribution in [3.63, 3.8) is 0 Å². The van der Waals surface area contributed by atoms with Crippen molar-refractivity contribution in [1.29, 1.82) is 0 Å². The first-order chi connectivity index (χ1) is 8.09. The van der Waals surface area contributed by atoms with Gasteiger partial charge in [-0.05, 0) is 38.3 Å². The third-order valence-corrected chi connectivity index (χ3v) is 2.21. The minimum atomic E-state index is -0.493. The Balaban J connectivity index is 2.20. The van der Waals surface area contributed by atoms with Crippen molar-refractivity contribution in [2.24, 2.45) is 0 Å². The molecule has 96 valence electrons. The molecule has 0 aliphatic heterocycles. The van der Waals surface area contributed by atoms with E-state index in [2.05, 4.69) is 15.3 Å². The molecule has 1 N–H and O–H groups in total. The van der Waals surface area contributed by atoms with E-state index in [-0.39, 0.29) is 17.2 Å². The van der Waals surface area contributed by atoms with Gasteiger partial charge in [0.05, 0.1) is 12.3 Å². The molecule has 1 heterocycles. The molecule has 0 aliphatic rings. The topological polar surface area (TPSA) is 47.0 Å². The molecule has 0 spiro atoms. The van der Waals surface area contributed by atoms with Gasteiger partial charge in [-0.25, -0.2) is 9.37 Å². The SMILES string of the molecule is CC(C)OCCCCNc1nc(Cl)ncc1F. The van der Waals surface area contributed by atoms with E-state index in [1.165, 1.54) is 0 Å². The van der Waals surface area contributed by atoms with Gasteiger partial charge in [0, 0.05) is 13.2 Å². The van der Waals surface area contributed by atoms with E-state index in [4.69, 9.17) is 16.3 Å². The minimum absolute atomic E-state index is 0.0389. The van der Waals surface area contributed by atoms with Crippen LogP contribution in [0.3, 0.4) is 0 Å². The molecule has 6 heteroatoms. The van der Waals surface area contributed by atoms with Crippen LogP contribution >= 0.6 is 11.6 Å². The van der Waals surface area contributed by atoms with Gasteiger partial charge in [0.25, 0.3) is 0 Å². The fraction of sp³-hybridized carbons (Fsp3) is 0.636. The van der Waals surface area contributed by atoms with Gasteiger partial charge >= 0.3 is 0 Å². The Hall–Kier alpha value is -0.940. The molecule has 0 saturated carbocycles. The van der Waals surface area contributed by atoms with E-state index in [1.54, 1.807) is 0 Å². The van der Waals surface area contributed by atoms with Crippen molar-refractivity contribution in [3.05, 3.63) is 17.3 Å². The molecule has 4 nitrogen and oxygen atoms in total. The number of nitrogens with zero attached hydrogens (tertiary/aromatic N) is 2. The number of aromatic nitrogens is 2. The quantitative estimate of drug-likeness (QED) is 0.606. The van der Waals surface area contributed by atoms with Gasteiger partial charge in [-0.15, -0.1) is 0 Å². The number of rotatable bonds is 7. The molecular weight excluding hydrogens is 245 g/mol. The van der Waals surface area contributed by atoms with Crippen molar-refractivity contribution in [2.45, 2.75) is 32.8 Å². The lowest BCUT2D eigenvalue weighted by atomic mass is 10.3. The second-order valence-electron chi connectivity index (χ2n) is 3.89. The molecular formula is C11H17ClFN3O. The van der Waals surface area contributed by atoms with Crippen LogP contribution in [-0.2, 0) is 4.74 Å². The lowest BCUT2D eigenvalue weighted by Gasteiger charge is -2.08. The molecule has 0 unspecified atom stereocenters. The molecule has 0 saturated heterocycles. The Kier molecular flexibility index (Phi) is 6.15. The highest BCUT2D eigenvalue weighted by Crippen LogP contribution is 2.11. The van der Waals surface area contributed by atoms with Gasteiger partial charge in [0.2, 0.25) is 5.28 Å². The third kappa shape index (κ3) is 5.79. The highest BCUT2D eigenvalue weighted by molar-refractivity contribution is 6.28. The monoisotopic (exact) mass is 261 g/mol. The number of anilines is 1. The maximum Gasteiger partial charge on any atom is 0.224 e. The Morgan fingerprint density at radius 2 is 2.24 bits per heavy atom. The molecule has 0 radical (unpaired) electrons. The zero-order valence-corrected chi connectivity index (χ0v) is 10.8. The highest BCUT2D eigenvalue weighted by atomic mass is 35.5. The summed E-state index contributed by atoms with van der Waals surface area (Å²) in [6, 6.07) is 0. The molecule has 0 aliphatic carbocycles. The van der Waals surface area contributed by atoms with Crippen LogP contribution in [0.15, 0.2) is 6.20 Å². The number of ether oxygens (including phenoxy) is 1. The summed E-state index contributed by atoms with van der Waals surface area (Å²) in [7, 11) is 0. The maximum atomic E-state index is 13.2. The van der Waals surface area contributed by atoms with E-state index in [9.17, 15) is 4.39 Å². The summed E-state index contributed by atoms with van der Waals surface area (Å²) in [5, 5.41) is 2.91. The molecule has 0 fully saturated rings. The van der Waals surface area contributed by atoms with E-state index < -0.39 is 5.82 Å². The van der Waals surface area contributed by atoms with E-state index in [0.717, 1.165) is 19.0 Å². The van der Waals surface area contributed by atoms with Crippen LogP contribution < -0.4 is 5.32 Å². The Morgan fingerprint density at radius 1 is 1.47 bits per heavy atom. The smallest absolute Gasteiger partial charge is 0.224 e. The summed E-state index contributed by atoms with van der Waals surface area (Å²) in [5.41, 5.74) is 0. The number of halogens is 2. The predicted molar refractivity (Wildman–Crippen MR) is 65.8 cm³/mol. The van der Waals surface area contributed by atoms with E-state index >= 15 is 0 Å². The first-order valence-electron chi connectivity index (χ1n) is 5.63. The Bertz CT molecular complexity index is 349. The summed E-state index contributed by atoms with van der Waals surface area (Å²) in [5.74, 6) is -0.345. The summed E-state index contributed by atoms with van der Waals surface area (Å²) in [6.45, 7) is 5.34. The first kappa shape index (κ1) is 14.1. The minimum Gasteiger partial charge on any atom is -0.379 e. The van der Waals surface area contributed by atoms with Crippen molar-refractivity contribution in [3.8, 4) is 0 Å². The van der Waals surface area contributed by atoms with Crippen molar-refractivity contribution >= 4 is 17.4 Å². The average Bonchev–Trinajstić information content (AvgIpc) is 2.27. The largest absolute Gasteiger partial charge is 0.379 e. The second-order valence-corrected chi connectivity index (χ2v) is 4.23. The molecule has 0 atom stereocenters. The number of nitrogens with one attached hydrogen (secondary N) is 1. The fourth-order valence-corrected chi connectivity index (χ4v) is 1.36. The Labute approximate surface area is 106 Å². The molecule has 1 aromatic heterocycles. The van der Waals surface area contributed by atoms with Crippen molar-refractivity contribution in [1.82, 2.24) is 9.97 Å². The molecule has 0 bridgehead atoms. The van der Waals surface area contributed by atoms with Crippen molar-refractivity contribution < 1.29 is 9.13 Å². The van der Waals surface area contributed by atoms with Crippen molar-refractivity contribution in [2.75, 3.05) is 18.5 Å². The molecule has 1 aromatic rings. The Morgan fingerprint density at radius 3 is 2.94 bits per heavy atom. The fourth-order valence-electron chi connectivity index (χ4n) is 1.22. The lowest BCUT2D eigenvalue weighted by molar-refractivity contribution is 0.0765. The zero-order valence-electron chi connectivity index (χ0n) is 10.0. The molecule has 17 heavy (non-hydrogen) atoms. The van der Waals surface area contributed by atoms with Crippen LogP contribution in [0.1, 0.15) is 26.7 Å². The summed E-state index contributed by atoms with van der Waals surface area (Å²) >= 11 is 5.57.